The Bertz CT molecular complexity index is 1500. The van der Waals surface area contributed by atoms with Gasteiger partial charge in [0.15, 0.2) is 0 Å². The minimum atomic E-state index is -4.14. The van der Waals surface area contributed by atoms with Crippen LogP contribution in [0.3, 0.4) is 0 Å². The van der Waals surface area contributed by atoms with Gasteiger partial charge in [0.25, 0.3) is 10.0 Å². The van der Waals surface area contributed by atoms with Gasteiger partial charge in [0, 0.05) is 11.3 Å². The zero-order valence-corrected chi connectivity index (χ0v) is 21.3. The number of fused-ring (bicyclic) bond motifs is 1. The second-order valence-electron chi connectivity index (χ2n) is 9.26. The Hall–Kier alpha value is -3.98. The molecule has 0 bridgehead atoms. The van der Waals surface area contributed by atoms with Crippen LogP contribution < -0.4 is 10.0 Å². The molecule has 2 aliphatic carbocycles. The third kappa shape index (κ3) is 5.56. The highest BCUT2D eigenvalue weighted by atomic mass is 32.2. The number of rotatable bonds is 5. The average molecular weight is 516 g/mol. The molecule has 8 nitrogen and oxygen atoms in total. The number of hydrogen-bond acceptors (Lipinski definition) is 5. The van der Waals surface area contributed by atoms with Crippen molar-refractivity contribution in [3.8, 4) is 16.9 Å². The van der Waals surface area contributed by atoms with E-state index in [9.17, 15) is 13.2 Å². The standard InChI is InChI=1S/C28H29N5O3S/c1-20-10-4-2-5-11-21-14-8-17-25(21)27(20)29-28(34)31-37(35,36)24-16-9-15-23(18-24)33-19-26(30-32-33)22-12-6-3-7-13-22/h3,6-7,9,11-13,15-16,18-19H,1-2,4-5,8,10,14,17H2,(H2,29,31,34)/b21-11-,27-25+. The monoisotopic (exact) mass is 515 g/mol. The van der Waals surface area contributed by atoms with Crippen molar-refractivity contribution < 1.29 is 13.2 Å². The fourth-order valence-corrected chi connectivity index (χ4v) is 5.73. The quantitative estimate of drug-likeness (QED) is 0.472. The summed E-state index contributed by atoms with van der Waals surface area (Å²) >= 11 is 0. The molecule has 0 saturated heterocycles. The number of carbonyl (C=O) groups is 1. The molecule has 190 valence electrons. The lowest BCUT2D eigenvalue weighted by Gasteiger charge is -2.17. The van der Waals surface area contributed by atoms with E-state index in [0.29, 0.717) is 17.1 Å². The van der Waals surface area contributed by atoms with Crippen molar-refractivity contribution in [3.05, 3.63) is 95.9 Å². The summed E-state index contributed by atoms with van der Waals surface area (Å²) in [5.41, 5.74) is 5.86. The molecule has 0 spiro atoms. The van der Waals surface area contributed by atoms with Gasteiger partial charge in [0.05, 0.1) is 16.8 Å². The molecular weight excluding hydrogens is 486 g/mol. The first-order chi connectivity index (χ1) is 17.9. The van der Waals surface area contributed by atoms with Crippen molar-refractivity contribution in [3.63, 3.8) is 0 Å². The molecule has 9 heteroatoms. The number of hydrogen-bond donors (Lipinski definition) is 2. The van der Waals surface area contributed by atoms with E-state index in [4.69, 9.17) is 0 Å². The fraction of sp³-hybridized carbons (Fsp3) is 0.250. The molecule has 3 aromatic rings. The molecule has 5 rings (SSSR count). The summed E-state index contributed by atoms with van der Waals surface area (Å²) in [6.07, 6.45) is 10.6. The summed E-state index contributed by atoms with van der Waals surface area (Å²) < 4.78 is 29.9. The van der Waals surface area contributed by atoms with Crippen LogP contribution in [0.4, 0.5) is 4.79 Å². The van der Waals surface area contributed by atoms with Crippen molar-refractivity contribution >= 4 is 16.1 Å². The number of nitrogens with one attached hydrogen (secondary N) is 2. The maximum absolute atomic E-state index is 13.1. The highest BCUT2D eigenvalue weighted by molar-refractivity contribution is 7.90. The Kier molecular flexibility index (Phi) is 7.05. The van der Waals surface area contributed by atoms with Gasteiger partial charge in [0.2, 0.25) is 0 Å². The molecular formula is C28H29N5O3S. The molecule has 0 radical (unpaired) electrons. The molecule has 2 N–H and O–H groups in total. The number of aromatic nitrogens is 3. The molecule has 0 aliphatic heterocycles. The van der Waals surface area contributed by atoms with Gasteiger partial charge < -0.3 is 5.32 Å². The zero-order chi connectivity index (χ0) is 25.8. The normalized spacial score (nSPS) is 19.7. The molecule has 0 unspecified atom stereocenters. The Morgan fingerprint density at radius 2 is 1.81 bits per heavy atom. The Labute approximate surface area is 216 Å². The minimum Gasteiger partial charge on any atom is -0.307 e. The SMILES string of the molecule is C=C1CCCC/C=C2/CCC/C2=C/1NC(=O)NS(=O)(=O)c1cccc(-n2cc(-c3ccccc3)nn2)c1. The second kappa shape index (κ2) is 10.6. The van der Waals surface area contributed by atoms with Gasteiger partial charge in [-0.05, 0) is 79.9 Å². The van der Waals surface area contributed by atoms with Crippen LogP contribution in [-0.2, 0) is 10.0 Å². The van der Waals surface area contributed by atoms with Crippen LogP contribution in [0.5, 0.6) is 0 Å². The van der Waals surface area contributed by atoms with Crippen LogP contribution in [0.1, 0.15) is 44.9 Å². The number of amides is 2. The number of carbonyl (C=O) groups excluding carboxylic acids is 1. The predicted molar refractivity (Wildman–Crippen MR) is 142 cm³/mol. The van der Waals surface area contributed by atoms with Gasteiger partial charge >= 0.3 is 6.03 Å². The maximum Gasteiger partial charge on any atom is 0.333 e. The summed E-state index contributed by atoms with van der Waals surface area (Å²) in [5, 5.41) is 11.1. The number of urea groups is 1. The first kappa shape index (κ1) is 24.7. The van der Waals surface area contributed by atoms with Gasteiger partial charge in [-0.2, -0.15) is 0 Å². The Morgan fingerprint density at radius 3 is 2.65 bits per heavy atom. The van der Waals surface area contributed by atoms with Crippen LogP contribution in [0.25, 0.3) is 16.9 Å². The first-order valence-corrected chi connectivity index (χ1v) is 13.9. The zero-order valence-electron chi connectivity index (χ0n) is 20.5. The molecule has 37 heavy (non-hydrogen) atoms. The molecule has 1 aromatic heterocycles. The molecule has 2 amide bonds. The van der Waals surface area contributed by atoms with Gasteiger partial charge in [-0.25, -0.2) is 22.6 Å². The summed E-state index contributed by atoms with van der Waals surface area (Å²) in [6.45, 7) is 4.18. The second-order valence-corrected chi connectivity index (χ2v) is 10.9. The highest BCUT2D eigenvalue weighted by Gasteiger charge is 2.24. The predicted octanol–water partition coefficient (Wildman–Crippen LogP) is 5.42. The summed E-state index contributed by atoms with van der Waals surface area (Å²) in [5.74, 6) is 0. The average Bonchev–Trinajstić information content (AvgIpc) is 3.58. The van der Waals surface area contributed by atoms with Crippen molar-refractivity contribution in [2.75, 3.05) is 0 Å². The topological polar surface area (TPSA) is 106 Å². The van der Waals surface area contributed by atoms with Gasteiger partial charge in [0.1, 0.15) is 5.69 Å². The van der Waals surface area contributed by atoms with Crippen LogP contribution in [0.2, 0.25) is 0 Å². The lowest BCUT2D eigenvalue weighted by Crippen LogP contribution is -2.39. The van der Waals surface area contributed by atoms with E-state index in [1.807, 2.05) is 30.3 Å². The summed E-state index contributed by atoms with van der Waals surface area (Å²) in [7, 11) is -4.14. The van der Waals surface area contributed by atoms with Crippen molar-refractivity contribution in [1.82, 2.24) is 25.0 Å². The molecule has 1 heterocycles. The molecule has 2 aromatic carbocycles. The van der Waals surface area contributed by atoms with E-state index >= 15 is 0 Å². The van der Waals surface area contributed by atoms with Crippen LogP contribution >= 0.6 is 0 Å². The highest BCUT2D eigenvalue weighted by Crippen LogP contribution is 2.36. The van der Waals surface area contributed by atoms with Crippen molar-refractivity contribution in [2.24, 2.45) is 0 Å². The Balaban J connectivity index is 1.35. The number of benzene rings is 2. The molecule has 0 atom stereocenters. The fourth-order valence-electron chi connectivity index (χ4n) is 4.78. The number of sulfonamides is 1. The van der Waals surface area contributed by atoms with E-state index in [2.05, 4.69) is 33.0 Å². The van der Waals surface area contributed by atoms with Crippen LogP contribution in [0.15, 0.2) is 101 Å². The summed E-state index contributed by atoms with van der Waals surface area (Å²) in [6, 6.07) is 15.0. The number of allylic oxidation sites excluding steroid dienone is 4. The van der Waals surface area contributed by atoms with E-state index < -0.39 is 16.1 Å². The molecule has 1 saturated carbocycles. The van der Waals surface area contributed by atoms with E-state index in [1.165, 1.54) is 22.4 Å². The minimum absolute atomic E-state index is 0.0516. The first-order valence-electron chi connectivity index (χ1n) is 12.4. The van der Waals surface area contributed by atoms with Gasteiger partial charge in [-0.3, -0.25) is 0 Å². The molecule has 1 fully saturated rings. The smallest absolute Gasteiger partial charge is 0.307 e. The third-order valence-electron chi connectivity index (χ3n) is 6.66. The largest absolute Gasteiger partial charge is 0.333 e. The van der Waals surface area contributed by atoms with Gasteiger partial charge in [-0.1, -0.05) is 54.3 Å². The van der Waals surface area contributed by atoms with Crippen molar-refractivity contribution in [2.45, 2.75) is 49.8 Å². The lowest BCUT2D eigenvalue weighted by atomic mass is 10.0. The van der Waals surface area contributed by atoms with Crippen molar-refractivity contribution in [1.29, 1.82) is 0 Å². The van der Waals surface area contributed by atoms with Gasteiger partial charge in [-0.15, -0.1) is 5.10 Å². The van der Waals surface area contributed by atoms with Crippen LogP contribution in [-0.4, -0.2) is 29.4 Å². The maximum atomic E-state index is 13.1. The lowest BCUT2D eigenvalue weighted by molar-refractivity contribution is 0.248. The molecule has 2 aliphatic rings. The van der Waals surface area contributed by atoms with Crippen LogP contribution in [0, 0.1) is 0 Å². The third-order valence-corrected chi connectivity index (χ3v) is 7.99. The van der Waals surface area contributed by atoms with E-state index in [-0.39, 0.29) is 4.90 Å². The van der Waals surface area contributed by atoms with E-state index in [1.54, 1.807) is 18.3 Å². The summed E-state index contributed by atoms with van der Waals surface area (Å²) in [4.78, 5) is 12.9. The Morgan fingerprint density at radius 1 is 0.973 bits per heavy atom. The van der Waals surface area contributed by atoms with E-state index in [0.717, 1.165) is 61.7 Å². The number of nitrogens with zero attached hydrogens (tertiary/aromatic N) is 3.